The van der Waals surface area contributed by atoms with Crippen LogP contribution < -0.4 is 0 Å². The van der Waals surface area contributed by atoms with Gasteiger partial charge in [-0.25, -0.2) is 9.97 Å². The second kappa shape index (κ2) is 3.59. The summed E-state index contributed by atoms with van der Waals surface area (Å²) < 4.78 is 0. The van der Waals surface area contributed by atoms with Crippen molar-refractivity contribution in [2.24, 2.45) is 0 Å². The molecular weight excluding hydrogens is 212 g/mol. The van der Waals surface area contributed by atoms with Gasteiger partial charge < -0.3 is 0 Å². The number of nitrogens with zero attached hydrogens (tertiary/aromatic N) is 2. The van der Waals surface area contributed by atoms with Crippen molar-refractivity contribution in [1.29, 1.82) is 0 Å². The highest BCUT2D eigenvalue weighted by molar-refractivity contribution is 6.35. The number of rotatable bonds is 1. The molecule has 0 aliphatic carbocycles. The Morgan fingerprint density at radius 3 is 2.73 bits per heavy atom. The van der Waals surface area contributed by atoms with Crippen LogP contribution in [0.15, 0.2) is 18.2 Å². The van der Waals surface area contributed by atoms with Crippen LogP contribution in [0.25, 0.3) is 10.9 Å². The molecule has 0 amide bonds. The smallest absolute Gasteiger partial charge is 0.178 e. The van der Waals surface area contributed by atoms with Gasteiger partial charge in [-0.05, 0) is 13.0 Å². The van der Waals surface area contributed by atoms with Crippen LogP contribution in [0.2, 0.25) is 5.02 Å². The first-order valence-electron chi connectivity index (χ1n) is 4.53. The Morgan fingerprint density at radius 2 is 2.07 bits per heavy atom. The highest BCUT2D eigenvalue weighted by Gasteiger charge is 2.11. The molecule has 2 aromatic rings. The van der Waals surface area contributed by atoms with Crippen LogP contribution in [0.1, 0.15) is 23.2 Å². The highest BCUT2D eigenvalue weighted by atomic mass is 35.5. The van der Waals surface area contributed by atoms with E-state index in [-0.39, 0.29) is 5.78 Å². The minimum Gasteiger partial charge on any atom is -0.293 e. The van der Waals surface area contributed by atoms with Gasteiger partial charge in [-0.15, -0.1) is 0 Å². The summed E-state index contributed by atoms with van der Waals surface area (Å²) in [5, 5.41) is 1.25. The van der Waals surface area contributed by atoms with Gasteiger partial charge in [0.15, 0.2) is 5.78 Å². The molecule has 0 N–H and O–H groups in total. The third-order valence-corrected chi connectivity index (χ3v) is 2.43. The average molecular weight is 221 g/mol. The Labute approximate surface area is 92.1 Å². The van der Waals surface area contributed by atoms with E-state index in [0.717, 1.165) is 0 Å². The number of halogens is 1. The fourth-order valence-electron chi connectivity index (χ4n) is 1.50. The number of carbonyl (C=O) groups is 1. The van der Waals surface area contributed by atoms with Gasteiger partial charge >= 0.3 is 0 Å². The summed E-state index contributed by atoms with van der Waals surface area (Å²) in [6.45, 7) is 3.23. The van der Waals surface area contributed by atoms with Crippen molar-refractivity contribution in [2.75, 3.05) is 0 Å². The van der Waals surface area contributed by atoms with Crippen LogP contribution in [0.3, 0.4) is 0 Å². The van der Waals surface area contributed by atoms with Gasteiger partial charge in [0.2, 0.25) is 0 Å². The van der Waals surface area contributed by atoms with E-state index < -0.39 is 0 Å². The number of hydrogen-bond acceptors (Lipinski definition) is 3. The molecule has 1 aromatic carbocycles. The van der Waals surface area contributed by atoms with Crippen molar-refractivity contribution in [2.45, 2.75) is 13.8 Å². The van der Waals surface area contributed by atoms with E-state index in [0.29, 0.717) is 27.4 Å². The molecule has 0 spiro atoms. The van der Waals surface area contributed by atoms with Gasteiger partial charge in [0, 0.05) is 12.3 Å². The Bertz CT molecular complexity index is 552. The number of ketones is 1. The third kappa shape index (κ3) is 1.70. The molecule has 0 radical (unpaired) electrons. The molecule has 0 atom stereocenters. The molecule has 1 aromatic heterocycles. The lowest BCUT2D eigenvalue weighted by Gasteiger charge is -2.04. The largest absolute Gasteiger partial charge is 0.293 e. The molecule has 3 nitrogen and oxygen atoms in total. The Morgan fingerprint density at radius 1 is 1.33 bits per heavy atom. The SMILES string of the molecule is CC(=O)c1nc(C)nc2c(Cl)cccc12. The van der Waals surface area contributed by atoms with Gasteiger partial charge in [0.05, 0.1) is 10.5 Å². The van der Waals surface area contributed by atoms with Gasteiger partial charge in [0.1, 0.15) is 11.5 Å². The topological polar surface area (TPSA) is 42.9 Å². The summed E-state index contributed by atoms with van der Waals surface area (Å²) >= 11 is 6.00. The number of para-hydroxylation sites is 1. The third-order valence-electron chi connectivity index (χ3n) is 2.12. The van der Waals surface area contributed by atoms with Crippen LogP contribution in [-0.4, -0.2) is 15.8 Å². The van der Waals surface area contributed by atoms with Crippen LogP contribution in [-0.2, 0) is 0 Å². The first-order chi connectivity index (χ1) is 7.09. The summed E-state index contributed by atoms with van der Waals surface area (Å²) in [6, 6.07) is 5.34. The average Bonchev–Trinajstić information content (AvgIpc) is 2.18. The molecular formula is C11H9ClN2O. The van der Waals surface area contributed by atoms with Crippen LogP contribution >= 0.6 is 11.6 Å². The predicted octanol–water partition coefficient (Wildman–Crippen LogP) is 2.79. The minimum absolute atomic E-state index is 0.0761. The summed E-state index contributed by atoms with van der Waals surface area (Å²) in [6.07, 6.45) is 0. The van der Waals surface area contributed by atoms with Gasteiger partial charge in [-0.2, -0.15) is 0 Å². The Balaban J connectivity index is 2.92. The number of aryl methyl sites for hydroxylation is 1. The van der Waals surface area contributed by atoms with E-state index >= 15 is 0 Å². The lowest BCUT2D eigenvalue weighted by Crippen LogP contribution is -2.02. The lowest BCUT2D eigenvalue weighted by molar-refractivity contribution is 0.101. The molecule has 76 valence electrons. The standard InChI is InChI=1S/C11H9ClN2O/c1-6(15)10-8-4-3-5-9(12)11(8)14-7(2)13-10/h3-5H,1-2H3. The van der Waals surface area contributed by atoms with Crippen LogP contribution in [0, 0.1) is 6.92 Å². The predicted molar refractivity (Wildman–Crippen MR) is 59.3 cm³/mol. The second-order valence-corrected chi connectivity index (χ2v) is 3.72. The molecule has 0 aliphatic heterocycles. The van der Waals surface area contributed by atoms with E-state index in [9.17, 15) is 4.79 Å². The summed E-state index contributed by atoms with van der Waals surface area (Å²) in [4.78, 5) is 19.7. The monoisotopic (exact) mass is 220 g/mol. The highest BCUT2D eigenvalue weighted by Crippen LogP contribution is 2.23. The second-order valence-electron chi connectivity index (χ2n) is 3.31. The number of Topliss-reactive ketones (excluding diaryl/α,β-unsaturated/α-hetero) is 1. The van der Waals surface area contributed by atoms with E-state index in [4.69, 9.17) is 11.6 Å². The Hall–Kier alpha value is -1.48. The van der Waals surface area contributed by atoms with E-state index in [1.807, 2.05) is 0 Å². The minimum atomic E-state index is -0.0761. The summed E-state index contributed by atoms with van der Waals surface area (Å²) in [5.41, 5.74) is 1.07. The fraction of sp³-hybridized carbons (Fsp3) is 0.182. The van der Waals surface area contributed by atoms with Gasteiger partial charge in [-0.1, -0.05) is 23.7 Å². The normalized spacial score (nSPS) is 10.6. The summed E-state index contributed by atoms with van der Waals surface area (Å²) in [5.74, 6) is 0.480. The molecule has 0 aliphatic rings. The van der Waals surface area contributed by atoms with Crippen LogP contribution in [0.4, 0.5) is 0 Å². The molecule has 15 heavy (non-hydrogen) atoms. The zero-order valence-electron chi connectivity index (χ0n) is 8.41. The first kappa shape index (κ1) is 10.1. The first-order valence-corrected chi connectivity index (χ1v) is 4.91. The maximum atomic E-state index is 11.4. The van der Waals surface area contributed by atoms with Crippen molar-refractivity contribution in [3.63, 3.8) is 0 Å². The van der Waals surface area contributed by atoms with Crippen molar-refractivity contribution in [3.8, 4) is 0 Å². The zero-order valence-corrected chi connectivity index (χ0v) is 9.17. The molecule has 0 unspecified atom stereocenters. The maximum absolute atomic E-state index is 11.4. The Kier molecular flexibility index (Phi) is 2.40. The van der Waals surface area contributed by atoms with Crippen molar-refractivity contribution < 1.29 is 4.79 Å². The quantitative estimate of drug-likeness (QED) is 0.694. The van der Waals surface area contributed by atoms with Crippen molar-refractivity contribution in [3.05, 3.63) is 34.7 Å². The molecule has 1 heterocycles. The maximum Gasteiger partial charge on any atom is 0.178 e. The zero-order chi connectivity index (χ0) is 11.0. The molecule has 2 rings (SSSR count). The number of benzene rings is 1. The molecule has 0 fully saturated rings. The molecule has 0 saturated heterocycles. The summed E-state index contributed by atoms with van der Waals surface area (Å²) in [7, 11) is 0. The fourth-order valence-corrected chi connectivity index (χ4v) is 1.71. The van der Waals surface area contributed by atoms with E-state index in [1.54, 1.807) is 25.1 Å². The van der Waals surface area contributed by atoms with Gasteiger partial charge in [0.25, 0.3) is 0 Å². The number of carbonyl (C=O) groups excluding carboxylic acids is 1. The van der Waals surface area contributed by atoms with E-state index in [2.05, 4.69) is 9.97 Å². The molecule has 0 bridgehead atoms. The number of aromatic nitrogens is 2. The van der Waals surface area contributed by atoms with Crippen LogP contribution in [0.5, 0.6) is 0 Å². The lowest BCUT2D eigenvalue weighted by atomic mass is 10.1. The van der Waals surface area contributed by atoms with Crippen molar-refractivity contribution in [1.82, 2.24) is 9.97 Å². The molecule has 0 saturated carbocycles. The van der Waals surface area contributed by atoms with Gasteiger partial charge in [-0.3, -0.25) is 4.79 Å². The number of fused-ring (bicyclic) bond motifs is 1. The number of hydrogen-bond donors (Lipinski definition) is 0. The molecule has 4 heteroatoms. The van der Waals surface area contributed by atoms with Crippen molar-refractivity contribution >= 4 is 28.3 Å². The van der Waals surface area contributed by atoms with E-state index in [1.165, 1.54) is 6.92 Å².